The van der Waals surface area contributed by atoms with E-state index in [0.29, 0.717) is 10.1 Å². The zero-order valence-corrected chi connectivity index (χ0v) is 16.0. The van der Waals surface area contributed by atoms with Gasteiger partial charge in [-0.05, 0) is 37.4 Å². The molecule has 0 aliphatic heterocycles. The van der Waals surface area contributed by atoms with Crippen LogP contribution in [0.15, 0.2) is 47.4 Å². The number of sulfonamides is 1. The number of aromatic nitrogens is 2. The molecule has 1 N–H and O–H groups in total. The van der Waals surface area contributed by atoms with Crippen molar-refractivity contribution in [3.63, 3.8) is 0 Å². The number of imidazole rings is 1. The van der Waals surface area contributed by atoms with E-state index in [1.807, 2.05) is 0 Å². The molecule has 7 nitrogen and oxygen atoms in total. The molecule has 0 aliphatic carbocycles. The van der Waals surface area contributed by atoms with Crippen LogP contribution in [0.25, 0.3) is 11.0 Å². The van der Waals surface area contributed by atoms with Gasteiger partial charge in [0, 0.05) is 0 Å². The summed E-state index contributed by atoms with van der Waals surface area (Å²) in [5.41, 5.74) is 0.443. The number of rotatable bonds is 6. The number of esters is 1. The number of fused-ring (bicyclic) bond motifs is 1. The highest BCUT2D eigenvalue weighted by atomic mass is 35.5. The normalized spacial score (nSPS) is 11.9. The van der Waals surface area contributed by atoms with Gasteiger partial charge in [-0.15, -0.1) is 0 Å². The van der Waals surface area contributed by atoms with E-state index < -0.39 is 29.1 Å². The van der Waals surface area contributed by atoms with Gasteiger partial charge >= 0.3 is 12.5 Å². The van der Waals surface area contributed by atoms with Crippen LogP contribution in [0.2, 0.25) is 5.02 Å². The monoisotopic (exact) mass is 429 g/mol. The number of carbonyl (C=O) groups excluding carboxylic acids is 1. The van der Waals surface area contributed by atoms with Crippen LogP contribution in [0.1, 0.15) is 22.7 Å². The third kappa shape index (κ3) is 3.84. The molecule has 3 aromatic rings. The minimum atomic E-state index is -3.89. The molecule has 0 amide bonds. The second-order valence-corrected chi connectivity index (χ2v) is 7.86. The highest BCUT2D eigenvalue weighted by molar-refractivity contribution is 7.89. The number of alkyl halides is 2. The molecule has 0 saturated heterocycles. The van der Waals surface area contributed by atoms with Crippen molar-refractivity contribution >= 4 is 38.6 Å². The van der Waals surface area contributed by atoms with Gasteiger partial charge in [0.1, 0.15) is 11.5 Å². The zero-order valence-electron chi connectivity index (χ0n) is 14.4. The zero-order chi connectivity index (χ0) is 20.5. The Morgan fingerprint density at radius 2 is 2.00 bits per heavy atom. The van der Waals surface area contributed by atoms with Crippen LogP contribution >= 0.6 is 11.6 Å². The summed E-state index contributed by atoms with van der Waals surface area (Å²) in [6, 6.07) is 9.84. The number of nitrogens with one attached hydrogen (secondary N) is 1. The molecule has 3 rings (SSSR count). The summed E-state index contributed by atoms with van der Waals surface area (Å²) in [6.45, 7) is -3.39. The third-order valence-corrected chi connectivity index (χ3v) is 5.82. The lowest BCUT2D eigenvalue weighted by molar-refractivity contribution is 0.0387. The van der Waals surface area contributed by atoms with Gasteiger partial charge < -0.3 is 4.74 Å². The minimum absolute atomic E-state index is 0.0783. The molecule has 0 aliphatic rings. The summed E-state index contributed by atoms with van der Waals surface area (Å²) in [6.07, 6.45) is 0. The van der Waals surface area contributed by atoms with E-state index in [4.69, 9.17) is 16.3 Å². The fraction of sp³-hybridized carbons (Fsp3) is 0.176. The molecule has 148 valence electrons. The molecular weight excluding hydrogens is 416 g/mol. The Bertz CT molecular complexity index is 1150. The van der Waals surface area contributed by atoms with E-state index in [0.717, 1.165) is 6.07 Å². The van der Waals surface area contributed by atoms with Crippen LogP contribution in [0.4, 0.5) is 8.78 Å². The smallest absolute Gasteiger partial charge is 0.338 e. The fourth-order valence-corrected chi connectivity index (χ4v) is 3.82. The van der Waals surface area contributed by atoms with Gasteiger partial charge in [0.05, 0.1) is 21.6 Å². The Morgan fingerprint density at radius 1 is 1.29 bits per heavy atom. The second-order valence-electron chi connectivity index (χ2n) is 5.59. The molecule has 0 bridgehead atoms. The number of nitrogens with zero attached hydrogens (tertiary/aromatic N) is 2. The van der Waals surface area contributed by atoms with Crippen LogP contribution in [0, 0.1) is 0 Å². The minimum Gasteiger partial charge on any atom is -0.454 e. The van der Waals surface area contributed by atoms with Crippen LogP contribution in [0.3, 0.4) is 0 Å². The summed E-state index contributed by atoms with van der Waals surface area (Å²) in [5.74, 6) is -1.04. The molecule has 0 radical (unpaired) electrons. The first-order valence-corrected chi connectivity index (χ1v) is 9.75. The molecule has 0 spiro atoms. The first kappa shape index (κ1) is 20.2. The number of benzene rings is 2. The SMILES string of the molecule is CNS(=O)(=O)c1cc(C(=O)OCc2nc3ccccc3n2C(F)F)ccc1Cl. The average molecular weight is 430 g/mol. The van der Waals surface area contributed by atoms with Gasteiger partial charge in [-0.3, -0.25) is 4.57 Å². The van der Waals surface area contributed by atoms with Gasteiger partial charge in [0.15, 0.2) is 5.82 Å². The van der Waals surface area contributed by atoms with Crippen molar-refractivity contribution in [3.8, 4) is 0 Å². The molecule has 0 atom stereocenters. The number of para-hydroxylation sites is 2. The maximum Gasteiger partial charge on any atom is 0.338 e. The lowest BCUT2D eigenvalue weighted by atomic mass is 10.2. The van der Waals surface area contributed by atoms with E-state index in [-0.39, 0.29) is 26.8 Å². The molecule has 1 heterocycles. The Morgan fingerprint density at radius 3 is 2.68 bits per heavy atom. The lowest BCUT2D eigenvalue weighted by Gasteiger charge is -2.10. The van der Waals surface area contributed by atoms with Crippen LogP contribution in [-0.2, 0) is 21.4 Å². The quantitative estimate of drug-likeness (QED) is 0.607. The Hall–Kier alpha value is -2.56. The van der Waals surface area contributed by atoms with Gasteiger partial charge in [-0.2, -0.15) is 8.78 Å². The standard InChI is InChI=1S/C17H14ClF2N3O4S/c1-21-28(25,26)14-8-10(6-7-11(14)18)16(24)27-9-15-22-12-4-2-3-5-13(12)23(15)17(19)20/h2-8,17,21H,9H2,1H3. The predicted molar refractivity (Wildman–Crippen MR) is 97.8 cm³/mol. The summed E-state index contributed by atoms with van der Waals surface area (Å²) in [7, 11) is -2.69. The Labute approximate surface area is 163 Å². The lowest BCUT2D eigenvalue weighted by Crippen LogP contribution is -2.19. The maximum absolute atomic E-state index is 13.4. The molecule has 11 heteroatoms. The predicted octanol–water partition coefficient (Wildman–Crippen LogP) is 3.35. The van der Waals surface area contributed by atoms with E-state index in [9.17, 15) is 22.0 Å². The molecule has 0 unspecified atom stereocenters. The number of hydrogen-bond acceptors (Lipinski definition) is 5. The topological polar surface area (TPSA) is 90.3 Å². The molecule has 0 fully saturated rings. The number of halogens is 3. The van der Waals surface area contributed by atoms with Crippen LogP contribution < -0.4 is 4.72 Å². The van der Waals surface area contributed by atoms with Gasteiger partial charge in [-0.1, -0.05) is 23.7 Å². The second kappa shape index (κ2) is 7.82. The van der Waals surface area contributed by atoms with Gasteiger partial charge in [0.25, 0.3) is 0 Å². The third-order valence-electron chi connectivity index (χ3n) is 3.92. The van der Waals surface area contributed by atoms with Crippen molar-refractivity contribution in [2.45, 2.75) is 18.1 Å². The van der Waals surface area contributed by atoms with E-state index in [2.05, 4.69) is 9.71 Å². The average Bonchev–Trinajstić information content (AvgIpc) is 3.04. The summed E-state index contributed by atoms with van der Waals surface area (Å²) in [5, 5.41) is -0.0783. The van der Waals surface area contributed by atoms with Gasteiger partial charge in [0.2, 0.25) is 10.0 Å². The van der Waals surface area contributed by atoms with Crippen molar-refractivity contribution in [1.82, 2.24) is 14.3 Å². The van der Waals surface area contributed by atoms with Crippen molar-refractivity contribution in [3.05, 3.63) is 58.9 Å². The van der Waals surface area contributed by atoms with E-state index >= 15 is 0 Å². The van der Waals surface area contributed by atoms with E-state index in [1.54, 1.807) is 18.2 Å². The van der Waals surface area contributed by atoms with Crippen molar-refractivity contribution in [2.75, 3.05) is 7.05 Å². The van der Waals surface area contributed by atoms with Crippen molar-refractivity contribution in [1.29, 1.82) is 0 Å². The van der Waals surface area contributed by atoms with Crippen LogP contribution in [0.5, 0.6) is 0 Å². The first-order valence-electron chi connectivity index (χ1n) is 7.89. The van der Waals surface area contributed by atoms with Crippen LogP contribution in [-0.4, -0.2) is 31.0 Å². The highest BCUT2D eigenvalue weighted by Crippen LogP contribution is 2.25. The number of hydrogen-bond donors (Lipinski definition) is 1. The number of carbonyl (C=O) groups is 1. The molecular formula is C17H14ClF2N3O4S. The van der Waals surface area contributed by atoms with E-state index in [1.165, 1.54) is 25.2 Å². The molecule has 0 saturated carbocycles. The molecule has 28 heavy (non-hydrogen) atoms. The van der Waals surface area contributed by atoms with Gasteiger partial charge in [-0.25, -0.2) is 22.9 Å². The molecule has 2 aromatic carbocycles. The maximum atomic E-state index is 13.4. The number of ether oxygens (including phenoxy) is 1. The van der Waals surface area contributed by atoms with Crippen molar-refractivity contribution < 1.29 is 26.7 Å². The largest absolute Gasteiger partial charge is 0.454 e. The molecule has 1 aromatic heterocycles. The first-order chi connectivity index (χ1) is 13.2. The Kier molecular flexibility index (Phi) is 5.64. The Balaban J connectivity index is 1.87. The summed E-state index contributed by atoms with van der Waals surface area (Å²) >= 11 is 5.87. The summed E-state index contributed by atoms with van der Waals surface area (Å²) in [4.78, 5) is 16.1. The van der Waals surface area contributed by atoms with Crippen molar-refractivity contribution in [2.24, 2.45) is 0 Å². The summed E-state index contributed by atoms with van der Waals surface area (Å²) < 4.78 is 58.5. The highest BCUT2D eigenvalue weighted by Gasteiger charge is 2.21. The fourth-order valence-electron chi connectivity index (χ4n) is 2.57.